The van der Waals surface area contributed by atoms with E-state index in [4.69, 9.17) is 24.7 Å². The Bertz CT molecular complexity index is 3060. The molecule has 0 spiro atoms. The van der Waals surface area contributed by atoms with Gasteiger partial charge in [0.1, 0.15) is 38.3 Å². The van der Waals surface area contributed by atoms with E-state index in [0.29, 0.717) is 67.2 Å². The van der Waals surface area contributed by atoms with E-state index in [1.807, 2.05) is 32.1 Å². The fourth-order valence-electron chi connectivity index (χ4n) is 7.40. The van der Waals surface area contributed by atoms with Crippen molar-refractivity contribution in [1.82, 2.24) is 53.9 Å². The number of alkyl halides is 6. The van der Waals surface area contributed by atoms with Crippen LogP contribution in [0.1, 0.15) is 64.8 Å². The molecule has 0 aromatic carbocycles. The van der Waals surface area contributed by atoms with Gasteiger partial charge in [-0.05, 0) is 66.1 Å². The first kappa shape index (κ1) is 78.7. The van der Waals surface area contributed by atoms with E-state index >= 15 is 0 Å². The number of hydrogen-bond acceptors (Lipinski definition) is 13. The van der Waals surface area contributed by atoms with Crippen LogP contribution in [-0.2, 0) is 64.8 Å². The van der Waals surface area contributed by atoms with Gasteiger partial charge in [-0.25, -0.2) is 19.3 Å². The number of imidazole rings is 2. The van der Waals surface area contributed by atoms with Crippen molar-refractivity contribution in [3.8, 4) is 23.0 Å². The van der Waals surface area contributed by atoms with Crippen molar-refractivity contribution in [3.05, 3.63) is 106 Å². The Kier molecular flexibility index (Phi) is 32.9. The molecule has 17 nitrogen and oxygen atoms in total. The Labute approximate surface area is 540 Å². The summed E-state index contributed by atoms with van der Waals surface area (Å²) in [5.74, 6) is 0.135. The van der Waals surface area contributed by atoms with Gasteiger partial charge in [0.05, 0.1) is 0 Å². The minimum atomic E-state index is -4.63. The molecule has 0 aliphatic heterocycles. The third-order valence-electron chi connectivity index (χ3n) is 12.3. The molecule has 3 radical (unpaired) electrons. The van der Waals surface area contributed by atoms with Gasteiger partial charge in [0, 0.05) is 140 Å². The molecule has 0 unspecified atom stereocenters. The topological polar surface area (TPSA) is 189 Å². The Balaban J connectivity index is 0.000000816. The molecule has 0 saturated carbocycles. The number of carbonyl (C=O) groups is 1. The average Bonchev–Trinajstić information content (AvgIpc) is 2.57. The van der Waals surface area contributed by atoms with Crippen LogP contribution >= 0.6 is 0 Å². The van der Waals surface area contributed by atoms with Gasteiger partial charge < -0.3 is 40.6 Å². The standard InChI is InChI=1S/C29H45F3N6O2Si2.C27H38F3N5O3Si2.C2H7N.B.Na.H/c1-8-33-17-24-15-23(16-34-18-24)9-10-25-19-38(22-40-12-14-42(5,6)7)36-27(25)28-35-26(29(30,31)32)20-37(28)21-39-11-13-41(2,3)4;1-39(2,3)11-9-37-19-34-17-24(27(28,29)30)32-26(34)25-23(8-7-21-13-22(18-36)15-31-14-21)16-35(33-25)20-38-10-12-40(4,5)6;1-2-3;;;/h9-10,15-16,18-20,33H,8,11-14,17,21-22H2,1-7H3;7-8,13-18H,9-12,19-20H2,1-6H3;2-3H2,1H3;;;/q;;;;+1;-1/b10-9+;8-7+;;;;. The predicted molar refractivity (Wildman–Crippen MR) is 344 cm³/mol. The maximum atomic E-state index is 13.8. The van der Waals surface area contributed by atoms with Gasteiger partial charge in [-0.3, -0.25) is 14.8 Å². The zero-order valence-electron chi connectivity index (χ0n) is 54.7. The molecule has 0 fully saturated rings. The zero-order valence-corrected chi connectivity index (χ0v) is 59.7. The molecule has 0 saturated heterocycles. The van der Waals surface area contributed by atoms with Crippen molar-refractivity contribution in [2.75, 3.05) is 39.5 Å². The molecule has 6 heterocycles. The second-order valence-corrected chi connectivity index (χ2v) is 47.8. The summed E-state index contributed by atoms with van der Waals surface area (Å²) in [7, 11) is -5.30. The Hall–Kier alpha value is -4.44. The molecule has 0 aliphatic rings. The molecule has 0 atom stereocenters. The van der Waals surface area contributed by atoms with Crippen LogP contribution in [-0.4, -0.2) is 135 Å². The van der Waals surface area contributed by atoms with Gasteiger partial charge in [0.25, 0.3) is 0 Å². The third-order valence-corrected chi connectivity index (χ3v) is 19.1. The molecule has 29 heteroatoms. The number of ether oxygens (including phenoxy) is 4. The Morgan fingerprint density at radius 1 is 0.552 bits per heavy atom. The van der Waals surface area contributed by atoms with Crippen molar-refractivity contribution in [3.63, 3.8) is 0 Å². The number of halogens is 6. The first-order chi connectivity index (χ1) is 39.7. The number of carbonyl (C=O) groups excluding carboxylic acids is 1. The molecular weight excluding hydrogens is 1200 g/mol. The molecule has 6 aromatic rings. The minimum absolute atomic E-state index is 0. The number of nitrogens with two attached hydrogens (primary N) is 1. The van der Waals surface area contributed by atoms with Gasteiger partial charge in [-0.1, -0.05) is 117 Å². The Morgan fingerprint density at radius 3 is 1.26 bits per heavy atom. The summed E-state index contributed by atoms with van der Waals surface area (Å²) in [6.45, 7) is 35.4. The fraction of sp³-hybridized carbons (Fsp3) is 0.534. The maximum absolute atomic E-state index is 13.8. The monoisotopic (exact) mass is 1300 g/mol. The number of rotatable bonds is 30. The van der Waals surface area contributed by atoms with Gasteiger partial charge in [-0.15, -0.1) is 0 Å². The molecule has 0 bridgehead atoms. The van der Waals surface area contributed by atoms with Crippen LogP contribution in [0.5, 0.6) is 0 Å². The van der Waals surface area contributed by atoms with Crippen LogP contribution in [0.2, 0.25) is 103 Å². The molecule has 0 amide bonds. The molecule has 6 aromatic heterocycles. The van der Waals surface area contributed by atoms with Gasteiger partial charge in [0.2, 0.25) is 0 Å². The summed E-state index contributed by atoms with van der Waals surface area (Å²) in [5.41, 5.74) is 7.54. The van der Waals surface area contributed by atoms with E-state index in [1.54, 1.807) is 58.6 Å². The summed E-state index contributed by atoms with van der Waals surface area (Å²) in [6.07, 6.45) is 10.6. The predicted octanol–water partition coefficient (Wildman–Crippen LogP) is 10.5. The van der Waals surface area contributed by atoms with Crippen LogP contribution in [0.4, 0.5) is 26.3 Å². The quantitative estimate of drug-likeness (QED) is 0.0188. The van der Waals surface area contributed by atoms with Crippen molar-refractivity contribution in [2.45, 2.75) is 162 Å². The average molecular weight is 1300 g/mol. The minimum Gasteiger partial charge on any atom is -1.00 e. The number of nitrogens with zero attached hydrogens (tertiary/aromatic N) is 10. The van der Waals surface area contributed by atoms with E-state index < -0.39 is 56.0 Å². The number of aromatic nitrogens is 10. The number of pyridine rings is 2. The van der Waals surface area contributed by atoms with Crippen molar-refractivity contribution in [2.24, 2.45) is 5.73 Å². The smallest absolute Gasteiger partial charge is 1.00 e. The fourth-order valence-corrected chi connectivity index (χ4v) is 10.4. The summed E-state index contributed by atoms with van der Waals surface area (Å²) in [5, 5.41) is 12.5. The van der Waals surface area contributed by atoms with Crippen LogP contribution in [0.15, 0.2) is 61.7 Å². The van der Waals surface area contributed by atoms with Crippen LogP contribution in [0, 0.1) is 0 Å². The van der Waals surface area contributed by atoms with Crippen LogP contribution < -0.4 is 40.6 Å². The number of aldehydes is 1. The molecule has 87 heavy (non-hydrogen) atoms. The number of nitrogens with one attached hydrogen (secondary N) is 1. The normalized spacial score (nSPS) is 12.4. The molecule has 3 N–H and O–H groups in total. The Morgan fingerprint density at radius 2 is 0.908 bits per heavy atom. The van der Waals surface area contributed by atoms with E-state index in [2.05, 4.69) is 114 Å². The molecule has 0 aliphatic carbocycles. The zero-order chi connectivity index (χ0) is 63.2. The second-order valence-electron chi connectivity index (χ2n) is 25.3. The molecule has 6 rings (SSSR count). The van der Waals surface area contributed by atoms with Crippen molar-refractivity contribution >= 4 is 71.3 Å². The van der Waals surface area contributed by atoms with Gasteiger partial charge in [-0.2, -0.15) is 36.5 Å². The van der Waals surface area contributed by atoms with Crippen LogP contribution in [0.3, 0.4) is 0 Å². The van der Waals surface area contributed by atoms with E-state index in [9.17, 15) is 31.1 Å². The molecule has 475 valence electrons. The second kappa shape index (κ2) is 36.4. The maximum Gasteiger partial charge on any atom is 1.00 e. The van der Waals surface area contributed by atoms with Crippen LogP contribution in [0.25, 0.3) is 47.3 Å². The number of hydrogen-bond donors (Lipinski definition) is 2. The van der Waals surface area contributed by atoms with Crippen molar-refractivity contribution < 1.29 is 81.1 Å². The summed E-state index contributed by atoms with van der Waals surface area (Å²) >= 11 is 0. The van der Waals surface area contributed by atoms with Gasteiger partial charge >= 0.3 is 41.9 Å². The third kappa shape index (κ3) is 29.8. The first-order valence-corrected chi connectivity index (χ1v) is 43.4. The van der Waals surface area contributed by atoms with E-state index in [1.165, 1.54) is 15.3 Å². The SMILES string of the molecule is CCN.CCNCc1cncc(/C=C/c2cn(COCC[Si](C)(C)C)nc2-c2nc(C(F)(F)F)cn2COCC[Si](C)(C)C)c1.C[Si](C)(C)CCOCn1cc(/C=C/c2cncc(C=O)c2)c(-c2nc(C(F)(F)F)cn2COCC[Si](C)(C)C)n1.[B].[H-].[Na+]. The van der Waals surface area contributed by atoms with E-state index in [0.717, 1.165) is 60.8 Å². The summed E-state index contributed by atoms with van der Waals surface area (Å²) in [4.78, 5) is 27.4. The molecular formula is C58H91BF6N12NaO5Si4. The summed E-state index contributed by atoms with van der Waals surface area (Å²) in [6, 6.07) is 7.44. The van der Waals surface area contributed by atoms with Gasteiger partial charge in [0.15, 0.2) is 29.3 Å². The largest absolute Gasteiger partial charge is 1.00 e. The first-order valence-electron chi connectivity index (χ1n) is 28.6. The van der Waals surface area contributed by atoms with Crippen molar-refractivity contribution in [1.29, 1.82) is 0 Å². The summed E-state index contributed by atoms with van der Waals surface area (Å²) < 4.78 is 112. The van der Waals surface area contributed by atoms with E-state index in [-0.39, 0.29) is 83.7 Å².